The summed E-state index contributed by atoms with van der Waals surface area (Å²) in [5, 5.41) is 4.25. The zero-order valence-corrected chi connectivity index (χ0v) is 10.8. The first-order valence-electron chi connectivity index (χ1n) is 6.03. The number of aromatic nitrogens is 2. The average molecular weight is 246 g/mol. The van der Waals surface area contributed by atoms with Gasteiger partial charge in [0.1, 0.15) is 5.65 Å². The summed E-state index contributed by atoms with van der Waals surface area (Å²) < 4.78 is 0. The van der Waals surface area contributed by atoms with Crippen molar-refractivity contribution in [1.29, 1.82) is 0 Å². The van der Waals surface area contributed by atoms with Gasteiger partial charge in [-0.25, -0.2) is 4.98 Å². The number of anilines is 1. The summed E-state index contributed by atoms with van der Waals surface area (Å²) in [6.07, 6.45) is 3.31. The zero-order chi connectivity index (χ0) is 13.3. The molecular weight excluding hydrogens is 228 g/mol. The molecule has 4 N–H and O–H groups in total. The van der Waals surface area contributed by atoms with Crippen LogP contribution in [0.2, 0.25) is 0 Å². The van der Waals surface area contributed by atoms with Gasteiger partial charge in [-0.2, -0.15) is 0 Å². The average Bonchev–Trinajstić information content (AvgIpc) is 2.76. The van der Waals surface area contributed by atoms with Crippen LogP contribution in [0.25, 0.3) is 11.0 Å². The van der Waals surface area contributed by atoms with Crippen molar-refractivity contribution >= 4 is 22.6 Å². The zero-order valence-electron chi connectivity index (χ0n) is 10.8. The second-order valence-corrected chi connectivity index (χ2v) is 4.83. The van der Waals surface area contributed by atoms with E-state index in [1.165, 1.54) is 6.20 Å². The van der Waals surface area contributed by atoms with Crippen LogP contribution in [0.5, 0.6) is 0 Å². The molecule has 0 saturated carbocycles. The Balaban J connectivity index is 2.53. The highest BCUT2D eigenvalue weighted by molar-refractivity contribution is 6.05. The number of fused-ring (bicyclic) bond motifs is 1. The summed E-state index contributed by atoms with van der Waals surface area (Å²) in [5.74, 6) is -0.0167. The molecule has 0 fully saturated rings. The van der Waals surface area contributed by atoms with E-state index in [-0.39, 0.29) is 6.04 Å². The monoisotopic (exact) mass is 246 g/mol. The number of rotatable bonds is 4. The molecule has 5 heteroatoms. The van der Waals surface area contributed by atoms with E-state index >= 15 is 0 Å². The molecule has 2 aromatic rings. The number of aromatic amines is 1. The highest BCUT2D eigenvalue weighted by atomic mass is 16.1. The molecule has 0 radical (unpaired) electrons. The van der Waals surface area contributed by atoms with Crippen LogP contribution < -0.4 is 11.1 Å². The van der Waals surface area contributed by atoms with Crippen LogP contribution in [0.4, 0.5) is 5.69 Å². The Hall–Kier alpha value is -2.04. The van der Waals surface area contributed by atoms with Crippen molar-refractivity contribution in [3.05, 3.63) is 24.0 Å². The number of pyridine rings is 1. The van der Waals surface area contributed by atoms with Gasteiger partial charge in [0, 0.05) is 23.8 Å². The largest absolute Gasteiger partial charge is 0.381 e. The third kappa shape index (κ3) is 2.16. The maximum absolute atomic E-state index is 11.5. The van der Waals surface area contributed by atoms with E-state index in [4.69, 9.17) is 5.73 Å². The fourth-order valence-electron chi connectivity index (χ4n) is 1.74. The van der Waals surface area contributed by atoms with Crippen molar-refractivity contribution < 1.29 is 4.79 Å². The number of nitrogens with two attached hydrogens (primary N) is 1. The number of hydrogen-bond donors (Lipinski definition) is 3. The molecule has 0 bridgehead atoms. The molecule has 0 aliphatic rings. The van der Waals surface area contributed by atoms with Crippen LogP contribution >= 0.6 is 0 Å². The summed E-state index contributed by atoms with van der Waals surface area (Å²) in [6.45, 7) is 6.32. The second kappa shape index (κ2) is 4.68. The fourth-order valence-corrected chi connectivity index (χ4v) is 1.74. The molecule has 1 atom stereocenters. The Labute approximate surface area is 106 Å². The van der Waals surface area contributed by atoms with Crippen molar-refractivity contribution in [3.8, 4) is 0 Å². The minimum absolute atomic E-state index is 0.239. The molecule has 0 aromatic carbocycles. The Kier molecular flexibility index (Phi) is 3.23. The van der Waals surface area contributed by atoms with Crippen LogP contribution in [-0.4, -0.2) is 21.9 Å². The van der Waals surface area contributed by atoms with Gasteiger partial charge in [-0.3, -0.25) is 4.79 Å². The summed E-state index contributed by atoms with van der Waals surface area (Å²) >= 11 is 0. The number of carbonyl (C=O) groups is 1. The third-order valence-corrected chi connectivity index (χ3v) is 3.22. The van der Waals surface area contributed by atoms with Gasteiger partial charge >= 0.3 is 0 Å². The Morgan fingerprint density at radius 2 is 2.17 bits per heavy atom. The summed E-state index contributed by atoms with van der Waals surface area (Å²) in [5.41, 5.74) is 7.33. The lowest BCUT2D eigenvalue weighted by atomic mass is 10.0. The first-order valence-corrected chi connectivity index (χ1v) is 6.03. The lowest BCUT2D eigenvalue weighted by Gasteiger charge is -2.20. The highest BCUT2D eigenvalue weighted by Crippen LogP contribution is 2.26. The molecule has 0 aliphatic heterocycles. The highest BCUT2D eigenvalue weighted by Gasteiger charge is 2.16. The standard InChI is InChI=1S/C13H18N4O/c1-7(2)8(3)17-11-9-4-5-15-13(9)16-6-10(11)12(14)18/h4-8H,1-3H3,(H2,14,18)(H2,15,16,17)/t8-/m0/s1. The molecule has 96 valence electrons. The summed E-state index contributed by atoms with van der Waals surface area (Å²) in [6, 6.07) is 2.13. The van der Waals surface area contributed by atoms with Crippen LogP contribution in [0.15, 0.2) is 18.5 Å². The topological polar surface area (TPSA) is 83.8 Å². The molecule has 0 aliphatic carbocycles. The minimum atomic E-state index is -0.468. The molecule has 0 saturated heterocycles. The van der Waals surface area contributed by atoms with Gasteiger partial charge in [-0.15, -0.1) is 0 Å². The number of amides is 1. The van der Waals surface area contributed by atoms with Crippen molar-refractivity contribution in [2.45, 2.75) is 26.8 Å². The minimum Gasteiger partial charge on any atom is -0.381 e. The molecule has 5 nitrogen and oxygen atoms in total. The number of primary amides is 1. The third-order valence-electron chi connectivity index (χ3n) is 3.22. The van der Waals surface area contributed by atoms with E-state index in [0.29, 0.717) is 11.5 Å². The van der Waals surface area contributed by atoms with E-state index in [0.717, 1.165) is 16.7 Å². The van der Waals surface area contributed by atoms with Crippen LogP contribution in [0.1, 0.15) is 31.1 Å². The first kappa shape index (κ1) is 12.4. The van der Waals surface area contributed by atoms with Crippen molar-refractivity contribution in [2.24, 2.45) is 11.7 Å². The van der Waals surface area contributed by atoms with E-state index < -0.39 is 5.91 Å². The maximum atomic E-state index is 11.5. The van der Waals surface area contributed by atoms with Crippen LogP contribution in [0.3, 0.4) is 0 Å². The van der Waals surface area contributed by atoms with Gasteiger partial charge in [0.25, 0.3) is 5.91 Å². The van der Waals surface area contributed by atoms with Crippen molar-refractivity contribution in [3.63, 3.8) is 0 Å². The number of nitrogens with one attached hydrogen (secondary N) is 2. The Morgan fingerprint density at radius 1 is 1.44 bits per heavy atom. The normalized spacial score (nSPS) is 12.9. The molecule has 2 heterocycles. The fraction of sp³-hybridized carbons (Fsp3) is 0.385. The SMILES string of the molecule is CC(C)[C@H](C)Nc1c(C(N)=O)cnc2[nH]ccc12. The number of hydrogen-bond acceptors (Lipinski definition) is 3. The lowest BCUT2D eigenvalue weighted by Crippen LogP contribution is -2.24. The van der Waals surface area contributed by atoms with Crippen LogP contribution in [0, 0.1) is 5.92 Å². The first-order chi connectivity index (χ1) is 8.50. The summed E-state index contributed by atoms with van der Waals surface area (Å²) in [4.78, 5) is 18.7. The van der Waals surface area contributed by atoms with Gasteiger partial charge in [0.2, 0.25) is 0 Å². The second-order valence-electron chi connectivity index (χ2n) is 4.83. The van der Waals surface area contributed by atoms with E-state index in [9.17, 15) is 4.79 Å². The van der Waals surface area contributed by atoms with Crippen molar-refractivity contribution in [1.82, 2.24) is 9.97 Å². The Morgan fingerprint density at radius 3 is 2.78 bits per heavy atom. The predicted molar refractivity (Wildman–Crippen MR) is 72.5 cm³/mol. The number of nitrogens with zero attached hydrogens (tertiary/aromatic N) is 1. The van der Waals surface area contributed by atoms with Crippen molar-refractivity contribution in [2.75, 3.05) is 5.32 Å². The quantitative estimate of drug-likeness (QED) is 0.772. The van der Waals surface area contributed by atoms with Gasteiger partial charge < -0.3 is 16.0 Å². The number of H-pyrrole nitrogens is 1. The van der Waals surface area contributed by atoms with Gasteiger partial charge in [0.15, 0.2) is 0 Å². The molecule has 0 spiro atoms. The maximum Gasteiger partial charge on any atom is 0.252 e. The molecule has 2 rings (SSSR count). The van der Waals surface area contributed by atoms with Gasteiger partial charge in [0.05, 0.1) is 11.3 Å². The Bertz CT molecular complexity index is 573. The molecular formula is C13H18N4O. The summed E-state index contributed by atoms with van der Waals surface area (Å²) in [7, 11) is 0. The smallest absolute Gasteiger partial charge is 0.252 e. The molecule has 2 aromatic heterocycles. The van der Waals surface area contributed by atoms with Crippen LogP contribution in [-0.2, 0) is 0 Å². The molecule has 18 heavy (non-hydrogen) atoms. The molecule has 1 amide bonds. The van der Waals surface area contributed by atoms with E-state index in [1.807, 2.05) is 6.07 Å². The van der Waals surface area contributed by atoms with Gasteiger partial charge in [-0.05, 0) is 18.9 Å². The van der Waals surface area contributed by atoms with E-state index in [1.54, 1.807) is 6.20 Å². The lowest BCUT2D eigenvalue weighted by molar-refractivity contribution is 0.100. The predicted octanol–water partition coefficient (Wildman–Crippen LogP) is 2.12. The van der Waals surface area contributed by atoms with Gasteiger partial charge in [-0.1, -0.05) is 13.8 Å². The number of carbonyl (C=O) groups excluding carboxylic acids is 1. The van der Waals surface area contributed by atoms with E-state index in [2.05, 4.69) is 36.1 Å². The molecule has 0 unspecified atom stereocenters.